The van der Waals surface area contributed by atoms with Gasteiger partial charge in [-0.1, -0.05) is 23.9 Å². The number of ether oxygens (including phenoxy) is 1. The van der Waals surface area contributed by atoms with Crippen molar-refractivity contribution in [2.75, 3.05) is 11.1 Å². The lowest BCUT2D eigenvalue weighted by atomic mass is 10.3. The van der Waals surface area contributed by atoms with Gasteiger partial charge in [-0.05, 0) is 36.4 Å². The van der Waals surface area contributed by atoms with Crippen molar-refractivity contribution < 1.29 is 22.7 Å². The van der Waals surface area contributed by atoms with E-state index in [4.69, 9.17) is 0 Å². The Morgan fingerprint density at radius 3 is 2.56 bits per heavy atom. The van der Waals surface area contributed by atoms with Crippen molar-refractivity contribution in [1.29, 1.82) is 0 Å². The molecule has 4 nitrogen and oxygen atoms in total. The van der Waals surface area contributed by atoms with Crippen LogP contribution in [0.15, 0.2) is 52.9 Å². The number of thiazole rings is 1. The minimum atomic E-state index is -4.74. The van der Waals surface area contributed by atoms with E-state index in [0.717, 1.165) is 26.7 Å². The summed E-state index contributed by atoms with van der Waals surface area (Å²) in [7, 11) is 0. The molecule has 0 aliphatic rings. The fourth-order valence-corrected chi connectivity index (χ4v) is 3.85. The second-order valence-corrected chi connectivity index (χ2v) is 7.11. The molecule has 2 aromatic carbocycles. The van der Waals surface area contributed by atoms with Crippen molar-refractivity contribution in [3.05, 3.63) is 48.5 Å². The zero-order valence-corrected chi connectivity index (χ0v) is 14.2. The van der Waals surface area contributed by atoms with Crippen molar-refractivity contribution in [3.63, 3.8) is 0 Å². The molecular weight excluding hydrogens is 373 g/mol. The van der Waals surface area contributed by atoms with Crippen LogP contribution in [0.1, 0.15) is 0 Å². The SMILES string of the molecule is O=C(CSc1nc2ccccc2s1)Nc1ccc(OC(F)(F)F)cc1. The van der Waals surface area contributed by atoms with Gasteiger partial charge in [0.25, 0.3) is 0 Å². The number of alkyl halides is 3. The maximum absolute atomic E-state index is 12.1. The summed E-state index contributed by atoms with van der Waals surface area (Å²) in [5.41, 5.74) is 1.28. The minimum Gasteiger partial charge on any atom is -0.406 e. The van der Waals surface area contributed by atoms with Gasteiger partial charge in [-0.3, -0.25) is 4.79 Å². The van der Waals surface area contributed by atoms with Crippen LogP contribution in [0.5, 0.6) is 5.75 Å². The predicted molar refractivity (Wildman–Crippen MR) is 92.1 cm³/mol. The molecular formula is C16H11F3N2O2S2. The van der Waals surface area contributed by atoms with Crippen LogP contribution in [0.4, 0.5) is 18.9 Å². The molecule has 130 valence electrons. The molecule has 3 aromatic rings. The van der Waals surface area contributed by atoms with Gasteiger partial charge >= 0.3 is 6.36 Å². The quantitative estimate of drug-likeness (QED) is 0.634. The average Bonchev–Trinajstić information content (AvgIpc) is 2.96. The summed E-state index contributed by atoms with van der Waals surface area (Å²) in [6.07, 6.45) is -4.74. The number of thioether (sulfide) groups is 1. The molecule has 0 saturated carbocycles. The highest BCUT2D eigenvalue weighted by Crippen LogP contribution is 2.29. The molecule has 0 aliphatic heterocycles. The van der Waals surface area contributed by atoms with Gasteiger partial charge in [-0.2, -0.15) is 0 Å². The van der Waals surface area contributed by atoms with Gasteiger partial charge < -0.3 is 10.1 Å². The van der Waals surface area contributed by atoms with Gasteiger partial charge in [-0.25, -0.2) is 4.98 Å². The zero-order chi connectivity index (χ0) is 17.9. The number of nitrogens with one attached hydrogen (secondary N) is 1. The molecule has 0 saturated heterocycles. The standard InChI is InChI=1S/C16H11F3N2O2S2/c17-16(18,19)23-11-7-5-10(6-8-11)20-14(22)9-24-15-21-12-3-1-2-4-13(12)25-15/h1-8H,9H2,(H,20,22). The fraction of sp³-hybridized carbons (Fsp3) is 0.125. The molecule has 0 spiro atoms. The molecule has 0 fully saturated rings. The van der Waals surface area contributed by atoms with Gasteiger partial charge in [0.15, 0.2) is 4.34 Å². The largest absolute Gasteiger partial charge is 0.573 e. The van der Waals surface area contributed by atoms with E-state index in [-0.39, 0.29) is 17.4 Å². The lowest BCUT2D eigenvalue weighted by Crippen LogP contribution is -2.17. The van der Waals surface area contributed by atoms with Crippen LogP contribution in [-0.4, -0.2) is 23.0 Å². The van der Waals surface area contributed by atoms with E-state index in [0.29, 0.717) is 5.69 Å². The summed E-state index contributed by atoms with van der Waals surface area (Å²) in [5.74, 6) is -0.455. The Morgan fingerprint density at radius 2 is 1.88 bits per heavy atom. The van der Waals surface area contributed by atoms with E-state index < -0.39 is 6.36 Å². The molecule has 3 rings (SSSR count). The number of benzene rings is 2. The van der Waals surface area contributed by atoms with Gasteiger partial charge in [0.2, 0.25) is 5.91 Å². The number of fused-ring (bicyclic) bond motifs is 1. The van der Waals surface area contributed by atoms with Crippen molar-refractivity contribution in [1.82, 2.24) is 4.98 Å². The zero-order valence-electron chi connectivity index (χ0n) is 12.5. The number of carbonyl (C=O) groups excluding carboxylic acids is 1. The Labute approximate surface area is 149 Å². The number of carbonyl (C=O) groups is 1. The van der Waals surface area contributed by atoms with Gasteiger partial charge in [-0.15, -0.1) is 24.5 Å². The van der Waals surface area contributed by atoms with Crippen LogP contribution in [0.25, 0.3) is 10.2 Å². The number of rotatable bonds is 5. The number of halogens is 3. The summed E-state index contributed by atoms with van der Waals surface area (Å²) in [6, 6.07) is 12.7. The van der Waals surface area contributed by atoms with Crippen LogP contribution >= 0.6 is 23.1 Å². The van der Waals surface area contributed by atoms with E-state index in [9.17, 15) is 18.0 Å². The maximum Gasteiger partial charge on any atom is 0.573 e. The second kappa shape index (κ2) is 7.32. The fourth-order valence-electron chi connectivity index (χ4n) is 1.98. The predicted octanol–water partition coefficient (Wildman–Crippen LogP) is 4.93. The highest BCUT2D eigenvalue weighted by molar-refractivity contribution is 8.01. The Bertz CT molecular complexity index is 846. The maximum atomic E-state index is 12.1. The Balaban J connectivity index is 1.53. The average molecular weight is 384 g/mol. The van der Waals surface area contributed by atoms with Gasteiger partial charge in [0.1, 0.15) is 5.75 Å². The Hall–Kier alpha value is -2.26. The van der Waals surface area contributed by atoms with Crippen molar-refractivity contribution in [3.8, 4) is 5.75 Å². The molecule has 0 bridgehead atoms. The summed E-state index contributed by atoms with van der Waals surface area (Å²) in [4.78, 5) is 16.4. The highest BCUT2D eigenvalue weighted by Gasteiger charge is 2.30. The molecule has 25 heavy (non-hydrogen) atoms. The third kappa shape index (κ3) is 5.10. The number of aromatic nitrogens is 1. The van der Waals surface area contributed by atoms with Crippen molar-refractivity contribution >= 4 is 44.9 Å². The number of amides is 1. The molecule has 0 aliphatic carbocycles. The number of nitrogens with zero attached hydrogens (tertiary/aromatic N) is 1. The number of hydrogen-bond donors (Lipinski definition) is 1. The van der Waals surface area contributed by atoms with Crippen LogP contribution < -0.4 is 10.1 Å². The molecule has 0 unspecified atom stereocenters. The molecule has 1 N–H and O–H groups in total. The van der Waals surface area contributed by atoms with E-state index in [1.807, 2.05) is 24.3 Å². The van der Waals surface area contributed by atoms with Crippen molar-refractivity contribution in [2.24, 2.45) is 0 Å². The smallest absolute Gasteiger partial charge is 0.406 e. The first-order valence-corrected chi connectivity index (χ1v) is 8.83. The normalized spacial score (nSPS) is 11.5. The molecule has 1 heterocycles. The molecule has 0 atom stereocenters. The summed E-state index contributed by atoms with van der Waals surface area (Å²) < 4.78 is 41.9. The summed E-state index contributed by atoms with van der Waals surface area (Å²) >= 11 is 2.81. The van der Waals surface area contributed by atoms with Crippen LogP contribution in [0.3, 0.4) is 0 Å². The third-order valence-electron chi connectivity index (χ3n) is 2.97. The lowest BCUT2D eigenvalue weighted by Gasteiger charge is -2.09. The molecule has 0 radical (unpaired) electrons. The van der Waals surface area contributed by atoms with Gasteiger partial charge in [0, 0.05) is 5.69 Å². The number of para-hydroxylation sites is 1. The lowest BCUT2D eigenvalue weighted by molar-refractivity contribution is -0.274. The first kappa shape index (κ1) is 17.6. The topological polar surface area (TPSA) is 51.2 Å². The minimum absolute atomic E-state index is 0.153. The van der Waals surface area contributed by atoms with E-state index in [1.54, 1.807) is 0 Å². The molecule has 1 amide bonds. The van der Waals surface area contributed by atoms with E-state index in [1.165, 1.54) is 35.2 Å². The third-order valence-corrected chi connectivity index (χ3v) is 5.15. The first-order valence-electron chi connectivity index (χ1n) is 7.03. The molecule has 1 aromatic heterocycles. The van der Waals surface area contributed by atoms with E-state index >= 15 is 0 Å². The Morgan fingerprint density at radius 1 is 1.16 bits per heavy atom. The number of anilines is 1. The van der Waals surface area contributed by atoms with E-state index in [2.05, 4.69) is 15.0 Å². The van der Waals surface area contributed by atoms with Gasteiger partial charge in [0.05, 0.1) is 16.0 Å². The highest BCUT2D eigenvalue weighted by atomic mass is 32.2. The second-order valence-electron chi connectivity index (χ2n) is 4.86. The summed E-state index contributed by atoms with van der Waals surface area (Å²) in [6.45, 7) is 0. The van der Waals surface area contributed by atoms with Crippen LogP contribution in [0, 0.1) is 0 Å². The van der Waals surface area contributed by atoms with Crippen molar-refractivity contribution in [2.45, 2.75) is 10.7 Å². The Kier molecular flexibility index (Phi) is 5.14. The number of hydrogen-bond acceptors (Lipinski definition) is 5. The molecule has 9 heteroatoms. The monoisotopic (exact) mass is 384 g/mol. The van der Waals surface area contributed by atoms with Crippen LogP contribution in [0.2, 0.25) is 0 Å². The summed E-state index contributed by atoms with van der Waals surface area (Å²) in [5, 5.41) is 2.62. The van der Waals surface area contributed by atoms with Crippen LogP contribution in [-0.2, 0) is 4.79 Å². The first-order chi connectivity index (χ1) is 11.9.